The Hall–Kier alpha value is -0.616. The van der Waals surface area contributed by atoms with E-state index in [4.69, 9.17) is 12.1 Å². The summed E-state index contributed by atoms with van der Waals surface area (Å²) in [4.78, 5) is 12.3. The van der Waals surface area contributed by atoms with E-state index in [-0.39, 0.29) is 11.3 Å². The third-order valence-corrected chi connectivity index (χ3v) is 5.54. The van der Waals surface area contributed by atoms with Crippen LogP contribution in [0.5, 0.6) is 0 Å². The zero-order valence-corrected chi connectivity index (χ0v) is 21.1. The normalized spacial score (nSPS) is 12.3. The van der Waals surface area contributed by atoms with Gasteiger partial charge < -0.3 is 10.2 Å². The van der Waals surface area contributed by atoms with Crippen LogP contribution in [-0.4, -0.2) is 26.5 Å². The number of allylic oxidation sites excluding steroid dienone is 2. The van der Waals surface area contributed by atoms with Crippen LogP contribution < -0.4 is 0 Å². The van der Waals surface area contributed by atoms with E-state index in [1.807, 2.05) is 0 Å². The molecule has 1 unspecified atom stereocenters. The van der Waals surface area contributed by atoms with Crippen LogP contribution in [0, 0.1) is 16.7 Å². The average molecular weight is 461 g/mol. The van der Waals surface area contributed by atoms with Crippen molar-refractivity contribution in [2.75, 3.05) is 6.61 Å². The number of hydrogen-bond donors (Lipinski definition) is 3. The molecule has 0 heterocycles. The third kappa shape index (κ3) is 15.2. The number of aliphatic hydroxyl groups is 1. The zero-order valence-electron chi connectivity index (χ0n) is 19.5. The summed E-state index contributed by atoms with van der Waals surface area (Å²) in [7, 11) is 0. The van der Waals surface area contributed by atoms with Crippen LogP contribution in [0.15, 0.2) is 25.3 Å². The molecular formula is C24H45O5Ti. The van der Waals surface area contributed by atoms with Crippen molar-refractivity contribution in [2.24, 2.45) is 16.7 Å². The summed E-state index contributed by atoms with van der Waals surface area (Å²) in [6, 6.07) is 0. The molecule has 0 rings (SSSR count). The molecule has 0 amide bonds. The first-order valence-electron chi connectivity index (χ1n) is 11.2. The topological polar surface area (TPSA) is 94.8 Å². The van der Waals surface area contributed by atoms with E-state index in [1.165, 1.54) is 32.1 Å². The monoisotopic (exact) mass is 461 g/mol. The quantitative estimate of drug-likeness (QED) is 0.138. The van der Waals surface area contributed by atoms with E-state index in [0.29, 0.717) is 19.4 Å². The fourth-order valence-electron chi connectivity index (χ4n) is 4.16. The van der Waals surface area contributed by atoms with Crippen LogP contribution >= 0.6 is 0 Å². The second kappa shape index (κ2) is 19.1. The second-order valence-electron chi connectivity index (χ2n) is 9.34. The van der Waals surface area contributed by atoms with Gasteiger partial charge in [0.25, 0.3) is 0 Å². The number of carboxylic acid groups (broad SMARTS) is 1. The number of hydrogen-bond acceptors (Lipinski definition) is 3. The molecule has 0 aliphatic carbocycles. The molecule has 0 aromatic carbocycles. The Labute approximate surface area is 193 Å². The van der Waals surface area contributed by atoms with Gasteiger partial charge in [0, 0.05) is 6.61 Å². The molecule has 175 valence electrons. The summed E-state index contributed by atoms with van der Waals surface area (Å²) in [6.45, 7) is 14.5. The Bertz CT molecular complexity index is 461. The first-order valence-corrected chi connectivity index (χ1v) is 12.6. The van der Waals surface area contributed by atoms with Gasteiger partial charge in [-0.05, 0) is 43.4 Å². The molecule has 0 aliphatic rings. The predicted octanol–water partition coefficient (Wildman–Crippen LogP) is 6.09. The first-order chi connectivity index (χ1) is 14.1. The Morgan fingerprint density at radius 2 is 1.33 bits per heavy atom. The summed E-state index contributed by atoms with van der Waals surface area (Å²) in [5, 5.41) is 18.9. The van der Waals surface area contributed by atoms with Crippen LogP contribution in [0.3, 0.4) is 0 Å². The fraction of sp³-hybridized carbons (Fsp3) is 0.792. The molecule has 0 bridgehead atoms. The van der Waals surface area contributed by atoms with Crippen molar-refractivity contribution in [3.8, 4) is 0 Å². The molecule has 0 saturated carbocycles. The molecule has 0 aromatic rings. The number of aliphatic carboxylic acids is 1. The Balaban J connectivity index is 0. The molecule has 6 heteroatoms. The SMILES string of the molecule is C=CCC(CC=C)(C(=O)O)C(CCCCCCCCCCO)CC(C)(C)C.[O]=[Ti][OH]. The van der Waals surface area contributed by atoms with Gasteiger partial charge in [-0.3, -0.25) is 4.79 Å². The minimum absolute atomic E-state index is 0.0976. The van der Waals surface area contributed by atoms with Crippen LogP contribution in [0.4, 0.5) is 0 Å². The van der Waals surface area contributed by atoms with Crippen molar-refractivity contribution in [3.05, 3.63) is 25.3 Å². The molecule has 3 N–H and O–H groups in total. The van der Waals surface area contributed by atoms with Gasteiger partial charge in [-0.15, -0.1) is 13.2 Å². The van der Waals surface area contributed by atoms with E-state index in [9.17, 15) is 9.90 Å². The van der Waals surface area contributed by atoms with Gasteiger partial charge >= 0.3 is 32.5 Å². The summed E-state index contributed by atoms with van der Waals surface area (Å²) in [5.74, 6) is -0.573. The fourth-order valence-corrected chi connectivity index (χ4v) is 4.16. The van der Waals surface area contributed by atoms with Crippen LogP contribution in [0.1, 0.15) is 97.8 Å². The minimum atomic E-state index is -1.75. The second-order valence-corrected chi connectivity index (χ2v) is 9.63. The molecule has 30 heavy (non-hydrogen) atoms. The van der Waals surface area contributed by atoms with Crippen LogP contribution in [-0.2, 0) is 27.6 Å². The molecule has 0 saturated heterocycles. The maximum absolute atomic E-state index is 12.3. The van der Waals surface area contributed by atoms with Crippen molar-refractivity contribution < 1.29 is 41.5 Å². The van der Waals surface area contributed by atoms with Gasteiger partial charge in [-0.2, -0.15) is 0 Å². The maximum atomic E-state index is 12.3. The van der Waals surface area contributed by atoms with Crippen molar-refractivity contribution in [3.63, 3.8) is 0 Å². The van der Waals surface area contributed by atoms with Crippen molar-refractivity contribution >= 4 is 5.97 Å². The van der Waals surface area contributed by atoms with Crippen LogP contribution in [0.2, 0.25) is 0 Å². The van der Waals surface area contributed by atoms with Gasteiger partial charge in [-0.25, -0.2) is 0 Å². The van der Waals surface area contributed by atoms with Gasteiger partial charge in [0.1, 0.15) is 0 Å². The number of carbonyl (C=O) groups is 1. The summed E-state index contributed by atoms with van der Waals surface area (Å²) < 4.78 is 15.8. The summed E-state index contributed by atoms with van der Waals surface area (Å²) in [6.07, 6.45) is 15.6. The third-order valence-electron chi connectivity index (χ3n) is 5.54. The van der Waals surface area contributed by atoms with Gasteiger partial charge in [0.15, 0.2) is 0 Å². The van der Waals surface area contributed by atoms with Crippen LogP contribution in [0.25, 0.3) is 0 Å². The summed E-state index contributed by atoms with van der Waals surface area (Å²) in [5.41, 5.74) is -0.679. The molecule has 0 radical (unpaired) electrons. The standard InChI is InChI=1S/C24H44O3.H2O.O.Ti/c1-6-17-24(18-7-2,22(26)27)21(20-23(3,4)5)16-14-12-10-8-9-11-13-15-19-25;;;/h6-7,21,25H,1-2,8-20H2,3-5H3,(H,26,27);1H2;;/q;;;+1/p-1. The number of carboxylic acids is 1. The zero-order chi connectivity index (χ0) is 23.5. The molecule has 0 aromatic heterocycles. The average Bonchev–Trinajstić information content (AvgIpc) is 2.65. The molecule has 5 nitrogen and oxygen atoms in total. The van der Waals surface area contributed by atoms with E-state index < -0.39 is 30.9 Å². The summed E-state index contributed by atoms with van der Waals surface area (Å²) >= 11 is -1.75. The molecule has 0 spiro atoms. The molecule has 1 atom stereocenters. The number of aliphatic hydroxyl groups excluding tert-OH is 1. The van der Waals surface area contributed by atoms with Gasteiger partial charge in [-0.1, -0.05) is 77.9 Å². The van der Waals surface area contributed by atoms with E-state index in [2.05, 4.69) is 33.9 Å². The van der Waals surface area contributed by atoms with E-state index >= 15 is 0 Å². The van der Waals surface area contributed by atoms with Gasteiger partial charge in [0.05, 0.1) is 5.41 Å². The Morgan fingerprint density at radius 3 is 1.67 bits per heavy atom. The predicted molar refractivity (Wildman–Crippen MR) is 119 cm³/mol. The van der Waals surface area contributed by atoms with Crippen molar-refractivity contribution in [1.82, 2.24) is 0 Å². The number of unbranched alkanes of at least 4 members (excludes halogenated alkanes) is 7. The molecular weight excluding hydrogens is 416 g/mol. The van der Waals surface area contributed by atoms with Crippen molar-refractivity contribution in [2.45, 2.75) is 97.8 Å². The molecule has 0 aliphatic heterocycles. The Morgan fingerprint density at radius 1 is 0.933 bits per heavy atom. The first kappa shape index (κ1) is 31.6. The van der Waals surface area contributed by atoms with Crippen molar-refractivity contribution in [1.29, 1.82) is 0 Å². The number of rotatable bonds is 17. The van der Waals surface area contributed by atoms with E-state index in [1.54, 1.807) is 12.2 Å². The Kier molecular flexibility index (Phi) is 20.1. The molecule has 0 fully saturated rings. The van der Waals surface area contributed by atoms with E-state index in [0.717, 1.165) is 32.1 Å². The van der Waals surface area contributed by atoms with Gasteiger partial charge in [0.2, 0.25) is 0 Å².